The van der Waals surface area contributed by atoms with Crippen LogP contribution in [0.4, 0.5) is 4.79 Å². The van der Waals surface area contributed by atoms with Crippen LogP contribution in [0.3, 0.4) is 0 Å². The molecule has 0 aromatic rings. The van der Waals surface area contributed by atoms with Crippen LogP contribution in [0.1, 0.15) is 6.92 Å². The van der Waals surface area contributed by atoms with Gasteiger partial charge in [0.15, 0.2) is 0 Å². The van der Waals surface area contributed by atoms with Crippen LogP contribution >= 0.6 is 11.6 Å². The van der Waals surface area contributed by atoms with Gasteiger partial charge in [0.2, 0.25) is 0 Å². The van der Waals surface area contributed by atoms with Crippen molar-refractivity contribution < 1.29 is 9.53 Å². The summed E-state index contributed by atoms with van der Waals surface area (Å²) in [5.74, 6) is 0. The fraction of sp³-hybridized carbons (Fsp3) is 0.833. The molecule has 2 nitrogen and oxygen atoms in total. The highest BCUT2D eigenvalue weighted by atomic mass is 35.5. The van der Waals surface area contributed by atoms with Gasteiger partial charge < -0.3 is 4.74 Å². The first-order valence-electron chi connectivity index (χ1n) is 3.20. The van der Waals surface area contributed by atoms with E-state index in [4.69, 9.17) is 16.3 Å². The van der Waals surface area contributed by atoms with E-state index in [9.17, 15) is 4.79 Å². The Hall–Kier alpha value is -0.0231. The number of carbonyl (C=O) groups excluding carboxylic acids is 1. The number of rotatable bonds is 2. The summed E-state index contributed by atoms with van der Waals surface area (Å²) in [4.78, 5) is 10.3. The summed E-state index contributed by atoms with van der Waals surface area (Å²) in [5, 5.41) is 0. The highest BCUT2D eigenvalue weighted by Crippen LogP contribution is 2.11. The van der Waals surface area contributed by atoms with Crippen molar-refractivity contribution in [3.8, 4) is 0 Å². The van der Waals surface area contributed by atoms with Crippen molar-refractivity contribution in [2.75, 3.05) is 0 Å². The minimum absolute atomic E-state index is 0.00231. The molecule has 1 unspecified atom stereocenters. The Kier molecular flexibility index (Phi) is 3.38. The molecule has 0 N–H and O–H groups in total. The smallest absolute Gasteiger partial charge is 0.403 e. The van der Waals surface area contributed by atoms with Gasteiger partial charge in [0.05, 0.1) is 13.8 Å². The zero-order chi connectivity index (χ0) is 8.36. The Morgan fingerprint density at radius 1 is 1.50 bits per heavy atom. The van der Waals surface area contributed by atoms with E-state index >= 15 is 0 Å². The number of ether oxygens (including phenoxy) is 1. The van der Waals surface area contributed by atoms with E-state index in [1.54, 1.807) is 0 Å². The maximum atomic E-state index is 10.3. The summed E-state index contributed by atoms with van der Waals surface area (Å²) in [5.41, 5.74) is -0.701. The lowest BCUT2D eigenvalue weighted by atomic mass is 10.8. The molecule has 0 radical (unpaired) electrons. The predicted octanol–water partition coefficient (Wildman–Crippen LogP) is 2.63. The minimum Gasteiger partial charge on any atom is -0.455 e. The molecule has 0 spiro atoms. The van der Waals surface area contributed by atoms with Crippen LogP contribution in [0.2, 0.25) is 19.6 Å². The third-order valence-electron chi connectivity index (χ3n) is 1.49. The van der Waals surface area contributed by atoms with Gasteiger partial charge >= 0.3 is 5.43 Å². The Labute approximate surface area is 67.5 Å². The molecular weight excluding hydrogens is 168 g/mol. The summed E-state index contributed by atoms with van der Waals surface area (Å²) in [6, 6.07) is 0. The average Bonchev–Trinajstić information content (AvgIpc) is 1.60. The molecule has 0 aromatic carbocycles. The van der Waals surface area contributed by atoms with Crippen molar-refractivity contribution in [3.05, 3.63) is 0 Å². The van der Waals surface area contributed by atoms with Crippen molar-refractivity contribution in [1.82, 2.24) is 0 Å². The lowest BCUT2D eigenvalue weighted by Gasteiger charge is -2.23. The van der Waals surface area contributed by atoms with Gasteiger partial charge in [0, 0.05) is 11.6 Å². The average molecular weight is 181 g/mol. The second kappa shape index (κ2) is 3.39. The molecule has 0 aromatic heterocycles. The second-order valence-electron chi connectivity index (χ2n) is 3.36. The van der Waals surface area contributed by atoms with Crippen molar-refractivity contribution in [1.29, 1.82) is 0 Å². The molecule has 0 bridgehead atoms. The molecule has 0 heterocycles. The number of carbonyl (C=O) groups is 1. The molecule has 0 rings (SSSR count). The number of halogens is 1. The topological polar surface area (TPSA) is 26.3 Å². The van der Waals surface area contributed by atoms with Gasteiger partial charge in [0.1, 0.15) is 0 Å². The maximum absolute atomic E-state index is 10.3. The third-order valence-corrected chi connectivity index (χ3v) is 4.14. The standard InChI is InChI=1S/C6H13ClO2Si/c1-5(9-6(7)8)10(2,3)4/h5H,1-4H3. The van der Waals surface area contributed by atoms with Gasteiger partial charge in [-0.3, -0.25) is 0 Å². The molecule has 0 fully saturated rings. The van der Waals surface area contributed by atoms with Gasteiger partial charge in [-0.05, 0) is 6.92 Å². The molecule has 1 atom stereocenters. The lowest BCUT2D eigenvalue weighted by Crippen LogP contribution is -2.38. The first kappa shape index (κ1) is 9.98. The second-order valence-corrected chi connectivity index (χ2v) is 9.22. The van der Waals surface area contributed by atoms with Crippen LogP contribution in [-0.2, 0) is 4.74 Å². The van der Waals surface area contributed by atoms with Crippen molar-refractivity contribution >= 4 is 25.1 Å². The summed E-state index contributed by atoms with van der Waals surface area (Å²) in [7, 11) is -1.35. The highest BCUT2D eigenvalue weighted by Gasteiger charge is 2.25. The van der Waals surface area contributed by atoms with Crippen LogP contribution in [-0.4, -0.2) is 19.2 Å². The molecule has 10 heavy (non-hydrogen) atoms. The monoisotopic (exact) mass is 180 g/mol. The summed E-state index contributed by atoms with van der Waals surface area (Å²) < 4.78 is 4.80. The lowest BCUT2D eigenvalue weighted by molar-refractivity contribution is 0.161. The maximum Gasteiger partial charge on any atom is 0.403 e. The van der Waals surface area contributed by atoms with E-state index in [2.05, 4.69) is 19.6 Å². The normalized spacial score (nSPS) is 14.5. The molecule has 0 aliphatic carbocycles. The fourth-order valence-electron chi connectivity index (χ4n) is 0.316. The van der Waals surface area contributed by atoms with Gasteiger partial charge in [-0.15, -0.1) is 0 Å². The summed E-state index contributed by atoms with van der Waals surface area (Å²) in [6.07, 6.45) is 0. The highest BCUT2D eigenvalue weighted by molar-refractivity contribution is 6.77. The molecule has 0 aliphatic rings. The zero-order valence-electron chi connectivity index (χ0n) is 6.77. The molecule has 60 valence electrons. The van der Waals surface area contributed by atoms with Crippen LogP contribution in [0.5, 0.6) is 0 Å². The summed E-state index contributed by atoms with van der Waals surface area (Å²) >= 11 is 5.04. The molecule has 0 amide bonds. The molecule has 0 aliphatic heterocycles. The van der Waals surface area contributed by atoms with Gasteiger partial charge in [-0.25, -0.2) is 4.79 Å². The Morgan fingerprint density at radius 3 is 2.00 bits per heavy atom. The van der Waals surface area contributed by atoms with E-state index in [-0.39, 0.29) is 5.73 Å². The van der Waals surface area contributed by atoms with E-state index in [1.165, 1.54) is 0 Å². The van der Waals surface area contributed by atoms with Crippen LogP contribution in [0.25, 0.3) is 0 Å². The molecule has 4 heteroatoms. The fourth-order valence-corrected chi connectivity index (χ4v) is 0.985. The van der Waals surface area contributed by atoms with Gasteiger partial charge in [-0.2, -0.15) is 0 Å². The first-order valence-corrected chi connectivity index (χ1v) is 7.15. The Bertz CT molecular complexity index is 130. The van der Waals surface area contributed by atoms with Gasteiger partial charge in [0.25, 0.3) is 0 Å². The van der Waals surface area contributed by atoms with Crippen molar-refractivity contribution in [3.63, 3.8) is 0 Å². The van der Waals surface area contributed by atoms with E-state index < -0.39 is 13.5 Å². The number of hydrogen-bond donors (Lipinski definition) is 0. The third kappa shape index (κ3) is 3.90. The minimum atomic E-state index is -1.35. The first-order chi connectivity index (χ1) is 4.34. The quantitative estimate of drug-likeness (QED) is 0.483. The predicted molar refractivity (Wildman–Crippen MR) is 45.1 cm³/mol. The molecular formula is C6H13ClO2Si. The van der Waals surface area contributed by atoms with Crippen molar-refractivity contribution in [2.45, 2.75) is 32.3 Å². The Morgan fingerprint density at radius 2 is 1.90 bits per heavy atom. The SMILES string of the molecule is CC(OC(=O)Cl)[Si](C)(C)C. The van der Waals surface area contributed by atoms with E-state index in [0.717, 1.165) is 0 Å². The van der Waals surface area contributed by atoms with E-state index in [0.29, 0.717) is 0 Å². The van der Waals surface area contributed by atoms with E-state index in [1.807, 2.05) is 6.92 Å². The molecule has 0 saturated carbocycles. The van der Waals surface area contributed by atoms with Crippen LogP contribution < -0.4 is 0 Å². The zero-order valence-corrected chi connectivity index (χ0v) is 8.53. The summed E-state index contributed by atoms with van der Waals surface area (Å²) in [6.45, 7) is 8.25. The van der Waals surface area contributed by atoms with Crippen molar-refractivity contribution in [2.24, 2.45) is 0 Å². The van der Waals surface area contributed by atoms with Crippen LogP contribution in [0.15, 0.2) is 0 Å². The number of hydrogen-bond acceptors (Lipinski definition) is 2. The molecule has 0 saturated heterocycles. The largest absolute Gasteiger partial charge is 0.455 e. The van der Waals surface area contributed by atoms with Gasteiger partial charge in [-0.1, -0.05) is 19.6 Å². The van der Waals surface area contributed by atoms with Crippen LogP contribution in [0, 0.1) is 0 Å². The Balaban J connectivity index is 3.85.